The number of pyridine rings is 2. The number of hydrogen-bond donors (Lipinski definition) is 3. The van der Waals surface area contributed by atoms with Gasteiger partial charge in [0.25, 0.3) is 0 Å². The van der Waals surface area contributed by atoms with Crippen molar-refractivity contribution in [2.24, 2.45) is 0 Å². The topological polar surface area (TPSA) is 132 Å². The van der Waals surface area contributed by atoms with Gasteiger partial charge in [-0.15, -0.1) is 0 Å². The zero-order valence-electron chi connectivity index (χ0n) is 24.1. The first-order valence-corrected chi connectivity index (χ1v) is 14.8. The quantitative estimate of drug-likeness (QED) is 0.316. The Morgan fingerprint density at radius 1 is 0.854 bits per heavy atom. The third-order valence-corrected chi connectivity index (χ3v) is 6.56. The standard InChI is InChI=1S/C14H19BrN2O3.C9H17NO3.C5H3BrFN/c1-14(2,3)20-13(18)17-9-7-10(8-9)19-12-11(15)5-4-6-16-12;1-9(2,3)13-8(12)10-6-4-7(11)5-6;6-4-2-1-3-8-5(4)7/h4-6,9-10H,7-8H2,1-3H3,(H,17,18);6-7,11H,4-5H2,1-3H3,(H,10,12);1-3H. The summed E-state index contributed by atoms with van der Waals surface area (Å²) in [4.78, 5) is 30.3. The highest BCUT2D eigenvalue weighted by atomic mass is 79.9. The Morgan fingerprint density at radius 3 is 1.71 bits per heavy atom. The van der Waals surface area contributed by atoms with Crippen molar-refractivity contribution < 1.29 is 33.3 Å². The van der Waals surface area contributed by atoms with Gasteiger partial charge in [0.1, 0.15) is 17.3 Å². The molecule has 0 bridgehead atoms. The maximum Gasteiger partial charge on any atom is 0.407 e. The van der Waals surface area contributed by atoms with Crippen molar-refractivity contribution in [2.75, 3.05) is 0 Å². The summed E-state index contributed by atoms with van der Waals surface area (Å²) in [5, 5.41) is 14.5. The number of carbonyl (C=O) groups excluding carboxylic acids is 2. The van der Waals surface area contributed by atoms with Gasteiger partial charge in [-0.25, -0.2) is 19.6 Å². The summed E-state index contributed by atoms with van der Waals surface area (Å²) in [5.74, 6) is 0.126. The van der Waals surface area contributed by atoms with Gasteiger partial charge in [0.05, 0.1) is 15.0 Å². The van der Waals surface area contributed by atoms with Crippen LogP contribution in [0.4, 0.5) is 14.0 Å². The predicted molar refractivity (Wildman–Crippen MR) is 159 cm³/mol. The van der Waals surface area contributed by atoms with Crippen LogP contribution in [0.2, 0.25) is 0 Å². The summed E-state index contributed by atoms with van der Waals surface area (Å²) < 4.78 is 29.4. The lowest BCUT2D eigenvalue weighted by molar-refractivity contribution is 0.0300. The van der Waals surface area contributed by atoms with E-state index in [1.165, 1.54) is 6.20 Å². The fourth-order valence-corrected chi connectivity index (χ4v) is 4.02. The lowest BCUT2D eigenvalue weighted by atomic mass is 9.89. The molecule has 10 nitrogen and oxygen atoms in total. The van der Waals surface area contributed by atoms with Crippen LogP contribution in [0.25, 0.3) is 0 Å². The summed E-state index contributed by atoms with van der Waals surface area (Å²) in [7, 11) is 0. The molecule has 228 valence electrons. The van der Waals surface area contributed by atoms with Gasteiger partial charge in [-0.05, 0) is 111 Å². The number of halogens is 3. The molecule has 0 saturated heterocycles. The minimum atomic E-state index is -0.470. The van der Waals surface area contributed by atoms with Crippen LogP contribution in [0.15, 0.2) is 45.6 Å². The molecule has 0 aromatic carbocycles. The zero-order chi connectivity index (χ0) is 30.8. The summed E-state index contributed by atoms with van der Waals surface area (Å²) in [6, 6.07) is 7.18. The Balaban J connectivity index is 0.000000239. The molecule has 2 amide bonds. The van der Waals surface area contributed by atoms with Crippen LogP contribution >= 0.6 is 31.9 Å². The second-order valence-corrected chi connectivity index (χ2v) is 13.3. The number of aromatic nitrogens is 2. The summed E-state index contributed by atoms with van der Waals surface area (Å²) in [6.45, 7) is 11.0. The second kappa shape index (κ2) is 15.6. The number of hydrogen-bond acceptors (Lipinski definition) is 8. The molecule has 4 rings (SSSR count). The number of nitrogens with one attached hydrogen (secondary N) is 2. The van der Waals surface area contributed by atoms with Gasteiger partial charge in [-0.3, -0.25) is 0 Å². The van der Waals surface area contributed by atoms with Crippen molar-refractivity contribution >= 4 is 44.0 Å². The van der Waals surface area contributed by atoms with E-state index < -0.39 is 23.2 Å². The molecule has 2 fully saturated rings. The fourth-order valence-electron chi connectivity index (χ4n) is 3.42. The van der Waals surface area contributed by atoms with Gasteiger partial charge in [0, 0.05) is 37.3 Å². The van der Waals surface area contributed by atoms with E-state index in [1.54, 1.807) is 18.3 Å². The van der Waals surface area contributed by atoms with Crippen LogP contribution < -0.4 is 15.4 Å². The Bertz CT molecular complexity index is 1110. The Hall–Kier alpha value is -2.51. The molecule has 0 radical (unpaired) electrons. The van der Waals surface area contributed by atoms with Crippen molar-refractivity contribution in [2.45, 2.75) is 103 Å². The molecule has 41 heavy (non-hydrogen) atoms. The van der Waals surface area contributed by atoms with E-state index in [1.807, 2.05) is 53.7 Å². The molecule has 0 unspecified atom stereocenters. The molecule has 2 saturated carbocycles. The van der Waals surface area contributed by atoms with Gasteiger partial charge >= 0.3 is 12.2 Å². The minimum Gasteiger partial charge on any atom is -0.473 e. The predicted octanol–water partition coefficient (Wildman–Crippen LogP) is 6.30. The van der Waals surface area contributed by atoms with Crippen LogP contribution in [0.1, 0.15) is 67.2 Å². The molecular formula is C28H39Br2FN4O6. The molecule has 0 aliphatic heterocycles. The number of aliphatic hydroxyl groups excluding tert-OH is 1. The van der Waals surface area contributed by atoms with Crippen molar-refractivity contribution in [3.63, 3.8) is 0 Å². The van der Waals surface area contributed by atoms with Gasteiger partial charge in [-0.2, -0.15) is 4.39 Å². The van der Waals surface area contributed by atoms with E-state index in [2.05, 4.69) is 52.5 Å². The van der Waals surface area contributed by atoms with Crippen molar-refractivity contribution in [1.29, 1.82) is 0 Å². The molecule has 2 aliphatic rings. The van der Waals surface area contributed by atoms with Crippen LogP contribution in [0, 0.1) is 5.95 Å². The first-order chi connectivity index (χ1) is 19.0. The van der Waals surface area contributed by atoms with Gasteiger partial charge in [-0.1, -0.05) is 0 Å². The Kier molecular flexibility index (Phi) is 13.2. The summed E-state index contributed by atoms with van der Waals surface area (Å²) >= 11 is 6.35. The molecular weight excluding hydrogens is 667 g/mol. The summed E-state index contributed by atoms with van der Waals surface area (Å²) in [5.41, 5.74) is -0.922. The number of amides is 2. The number of carbonyl (C=O) groups is 2. The molecule has 3 N–H and O–H groups in total. The zero-order valence-corrected chi connectivity index (χ0v) is 27.3. The lowest BCUT2D eigenvalue weighted by Gasteiger charge is -2.35. The number of ether oxygens (including phenoxy) is 3. The van der Waals surface area contributed by atoms with Gasteiger partial charge < -0.3 is 30.0 Å². The summed E-state index contributed by atoms with van der Waals surface area (Å²) in [6.07, 6.45) is 4.96. The highest BCUT2D eigenvalue weighted by Crippen LogP contribution is 2.29. The number of nitrogens with zero attached hydrogens (tertiary/aromatic N) is 2. The second-order valence-electron chi connectivity index (χ2n) is 11.6. The average molecular weight is 706 g/mol. The van der Waals surface area contributed by atoms with E-state index >= 15 is 0 Å². The fraction of sp³-hybridized carbons (Fsp3) is 0.571. The first kappa shape index (κ1) is 34.7. The number of aliphatic hydroxyl groups is 1. The first-order valence-electron chi connectivity index (χ1n) is 13.2. The maximum atomic E-state index is 12.2. The monoisotopic (exact) mass is 704 g/mol. The third-order valence-electron chi connectivity index (χ3n) is 5.37. The normalized spacial score (nSPS) is 21.2. The molecule has 13 heteroatoms. The van der Waals surface area contributed by atoms with Crippen LogP contribution in [0.3, 0.4) is 0 Å². The molecule has 2 heterocycles. The smallest absolute Gasteiger partial charge is 0.407 e. The van der Waals surface area contributed by atoms with E-state index in [-0.39, 0.29) is 30.4 Å². The van der Waals surface area contributed by atoms with Gasteiger partial charge in [0.15, 0.2) is 0 Å². The number of alkyl carbamates (subject to hydrolysis) is 2. The highest BCUT2D eigenvalue weighted by molar-refractivity contribution is 9.10. The molecule has 0 spiro atoms. The highest BCUT2D eigenvalue weighted by Gasteiger charge is 2.34. The minimum absolute atomic E-state index is 0.0844. The Morgan fingerprint density at radius 2 is 1.32 bits per heavy atom. The SMILES string of the molecule is CC(C)(C)OC(=O)NC1CC(O)C1.CC(C)(C)OC(=O)NC1CC(Oc2ncccc2Br)C1.Fc1ncccc1Br. The van der Waals surface area contributed by atoms with E-state index in [4.69, 9.17) is 19.3 Å². The molecule has 2 aliphatic carbocycles. The molecule has 2 aromatic rings. The maximum absolute atomic E-state index is 12.2. The van der Waals surface area contributed by atoms with Crippen molar-refractivity contribution in [1.82, 2.24) is 20.6 Å². The molecule has 2 aromatic heterocycles. The average Bonchev–Trinajstić information content (AvgIpc) is 2.78. The van der Waals surface area contributed by atoms with E-state index in [0.29, 0.717) is 23.2 Å². The molecule has 0 atom stereocenters. The largest absolute Gasteiger partial charge is 0.473 e. The van der Waals surface area contributed by atoms with Crippen LogP contribution in [-0.2, 0) is 9.47 Å². The van der Waals surface area contributed by atoms with Crippen LogP contribution in [0.5, 0.6) is 5.88 Å². The van der Waals surface area contributed by atoms with E-state index in [0.717, 1.165) is 17.3 Å². The third kappa shape index (κ3) is 14.3. The van der Waals surface area contributed by atoms with Crippen molar-refractivity contribution in [3.8, 4) is 5.88 Å². The Labute approximate surface area is 257 Å². The van der Waals surface area contributed by atoms with E-state index in [9.17, 15) is 14.0 Å². The van der Waals surface area contributed by atoms with Crippen molar-refractivity contribution in [3.05, 3.63) is 51.6 Å². The van der Waals surface area contributed by atoms with Crippen LogP contribution in [-0.4, -0.2) is 62.8 Å². The number of rotatable bonds is 4. The van der Waals surface area contributed by atoms with Gasteiger partial charge in [0.2, 0.25) is 11.8 Å². The lowest BCUT2D eigenvalue weighted by Crippen LogP contribution is -2.50.